The Kier molecular flexibility index (Phi) is 2.08. The molecule has 0 aliphatic rings. The number of nitrogens with zero attached hydrogens (tertiary/aromatic N) is 1. The van der Waals surface area contributed by atoms with Crippen LogP contribution in [0.5, 0.6) is 0 Å². The lowest BCUT2D eigenvalue weighted by molar-refractivity contribution is -0.640. The monoisotopic (exact) mass is 251 g/mol. The molecule has 1 rings (SSSR count). The van der Waals surface area contributed by atoms with Gasteiger partial charge in [0.2, 0.25) is 12.4 Å². The predicted octanol–water partition coefficient (Wildman–Crippen LogP) is 1.21. The van der Waals surface area contributed by atoms with E-state index in [2.05, 4.69) is 31.9 Å². The van der Waals surface area contributed by atoms with Crippen molar-refractivity contribution in [3.63, 3.8) is 0 Å². The van der Waals surface area contributed by atoms with E-state index in [0.29, 0.717) is 0 Å². The van der Waals surface area contributed by atoms with E-state index < -0.39 is 0 Å². The highest BCUT2D eigenvalue weighted by Gasteiger charge is 1.98. The minimum Gasteiger partial charge on any atom is -0.205 e. The fraction of sp³-hybridized carbons (Fsp3) is 0. The van der Waals surface area contributed by atoms with Crippen LogP contribution in [0.15, 0.2) is 27.4 Å². The number of pyridine rings is 1. The topological polar surface area (TPSA) is 29.9 Å². The second-order valence-corrected chi connectivity index (χ2v) is 3.45. The Balaban J connectivity index is 3.17. The first kappa shape index (κ1) is 7.02. The average molecular weight is 253 g/mol. The summed E-state index contributed by atoms with van der Waals surface area (Å²) in [5.41, 5.74) is 0. The smallest absolute Gasteiger partial charge is 0.205 e. The van der Waals surface area contributed by atoms with Gasteiger partial charge in [-0.1, -0.05) is 4.68 Å². The van der Waals surface area contributed by atoms with Crippen LogP contribution in [-0.4, -0.2) is 0 Å². The summed E-state index contributed by atoms with van der Waals surface area (Å²) in [5, 5.41) is 0. The highest BCUT2D eigenvalue weighted by atomic mass is 79.9. The summed E-state index contributed by atoms with van der Waals surface area (Å²) >= 11 is 6.56. The Morgan fingerprint density at radius 2 is 1.67 bits per heavy atom. The lowest BCUT2D eigenvalue weighted by Gasteiger charge is -1.87. The van der Waals surface area contributed by atoms with Crippen molar-refractivity contribution < 1.29 is 4.68 Å². The molecule has 0 bridgehead atoms. The van der Waals surface area contributed by atoms with Crippen molar-refractivity contribution in [3.8, 4) is 0 Å². The van der Waals surface area contributed by atoms with E-state index in [-0.39, 0.29) is 0 Å². The second-order valence-electron chi connectivity index (χ2n) is 1.62. The normalized spacial score (nSPS) is 9.56. The van der Waals surface area contributed by atoms with Crippen molar-refractivity contribution in [1.82, 2.24) is 0 Å². The van der Waals surface area contributed by atoms with Crippen LogP contribution in [0.2, 0.25) is 0 Å². The van der Waals surface area contributed by atoms with Gasteiger partial charge in [-0.25, -0.2) is 5.84 Å². The van der Waals surface area contributed by atoms with Crippen LogP contribution in [-0.2, 0) is 0 Å². The average Bonchev–Trinajstić information content (AvgIpc) is 1.59. The van der Waals surface area contributed by atoms with Crippen molar-refractivity contribution >= 4 is 31.9 Å². The molecule has 0 aromatic carbocycles. The Morgan fingerprint density at radius 3 is 2.00 bits per heavy atom. The van der Waals surface area contributed by atoms with Crippen molar-refractivity contribution in [2.75, 3.05) is 5.84 Å². The summed E-state index contributed by atoms with van der Waals surface area (Å²) in [6.07, 6.45) is 3.54. The van der Waals surface area contributed by atoms with Crippen molar-refractivity contribution in [1.29, 1.82) is 0 Å². The molecule has 0 saturated carbocycles. The van der Waals surface area contributed by atoms with Gasteiger partial charge in [0.25, 0.3) is 0 Å². The van der Waals surface area contributed by atoms with E-state index in [9.17, 15) is 0 Å². The van der Waals surface area contributed by atoms with E-state index >= 15 is 0 Å². The number of nitrogens with two attached hydrogens (primary N) is 1. The molecule has 0 spiro atoms. The number of halogens is 2. The largest absolute Gasteiger partial charge is 0.213 e. The Hall–Kier alpha value is -0.0900. The predicted molar refractivity (Wildman–Crippen MR) is 42.2 cm³/mol. The highest BCUT2D eigenvalue weighted by molar-refractivity contribution is 9.11. The Morgan fingerprint density at radius 1 is 1.22 bits per heavy atom. The first-order chi connectivity index (χ1) is 4.18. The lowest BCUT2D eigenvalue weighted by Crippen LogP contribution is -2.43. The minimum atomic E-state index is 0.958. The molecule has 0 aliphatic carbocycles. The summed E-state index contributed by atoms with van der Waals surface area (Å²) in [6.45, 7) is 0. The molecule has 1 aromatic rings. The molecule has 0 atom stereocenters. The molecule has 0 saturated heterocycles. The minimum absolute atomic E-state index is 0.958. The van der Waals surface area contributed by atoms with E-state index in [1.54, 1.807) is 12.4 Å². The molecular weight excluding hydrogens is 248 g/mol. The molecule has 0 unspecified atom stereocenters. The summed E-state index contributed by atoms with van der Waals surface area (Å²) in [4.78, 5) is 0. The van der Waals surface area contributed by atoms with Gasteiger partial charge in [0, 0.05) is 0 Å². The molecule has 1 aromatic heterocycles. The molecule has 2 N–H and O–H groups in total. The van der Waals surface area contributed by atoms with Crippen LogP contribution >= 0.6 is 31.9 Å². The van der Waals surface area contributed by atoms with Gasteiger partial charge in [-0.3, -0.25) is 0 Å². The number of rotatable bonds is 0. The third-order valence-corrected chi connectivity index (χ3v) is 1.69. The maximum Gasteiger partial charge on any atom is 0.213 e. The summed E-state index contributed by atoms with van der Waals surface area (Å²) in [5.74, 6) is 5.42. The van der Waals surface area contributed by atoms with Crippen molar-refractivity contribution in [2.24, 2.45) is 0 Å². The number of nitrogen functional groups attached to an aromatic ring is 1. The molecule has 1 heterocycles. The van der Waals surface area contributed by atoms with Gasteiger partial charge in [-0.2, -0.15) is 0 Å². The molecule has 0 amide bonds. The SMILES string of the molecule is N[n+]1cc(Br)cc(Br)c1. The second kappa shape index (κ2) is 2.66. The van der Waals surface area contributed by atoms with Crippen LogP contribution in [0.1, 0.15) is 0 Å². The summed E-state index contributed by atoms with van der Waals surface area (Å²) in [6, 6.07) is 1.92. The van der Waals surface area contributed by atoms with Crippen LogP contribution in [0.25, 0.3) is 0 Å². The third-order valence-electron chi connectivity index (χ3n) is 0.821. The van der Waals surface area contributed by atoms with Crippen LogP contribution < -0.4 is 10.5 Å². The maximum atomic E-state index is 5.42. The standard InChI is InChI=1S/C5H5Br2N2/c6-4-1-5(7)3-9(8)2-4/h1-3H,8H2/q+1. The molecule has 4 heteroatoms. The van der Waals surface area contributed by atoms with Crippen molar-refractivity contribution in [3.05, 3.63) is 27.4 Å². The van der Waals surface area contributed by atoms with E-state index in [1.165, 1.54) is 4.68 Å². The van der Waals surface area contributed by atoms with Gasteiger partial charge in [-0.15, -0.1) is 0 Å². The van der Waals surface area contributed by atoms with Gasteiger partial charge >= 0.3 is 0 Å². The Labute approximate surface area is 69.9 Å². The molecule has 9 heavy (non-hydrogen) atoms. The first-order valence-electron chi connectivity index (χ1n) is 2.31. The molecule has 0 aliphatic heterocycles. The van der Waals surface area contributed by atoms with Crippen LogP contribution in [0.3, 0.4) is 0 Å². The molecular formula is C5H5Br2N2+. The highest BCUT2D eigenvalue weighted by Crippen LogP contribution is 2.12. The quantitative estimate of drug-likeness (QED) is 0.546. The lowest BCUT2D eigenvalue weighted by atomic mass is 10.5. The van der Waals surface area contributed by atoms with Crippen LogP contribution in [0, 0.1) is 0 Å². The fourth-order valence-electron chi connectivity index (χ4n) is 0.528. The van der Waals surface area contributed by atoms with Gasteiger partial charge in [0.1, 0.15) is 0 Å². The molecule has 48 valence electrons. The van der Waals surface area contributed by atoms with E-state index in [1.807, 2.05) is 6.07 Å². The zero-order chi connectivity index (χ0) is 6.85. The molecule has 2 nitrogen and oxygen atoms in total. The van der Waals surface area contributed by atoms with Gasteiger partial charge in [0.05, 0.1) is 8.95 Å². The molecule has 0 radical (unpaired) electrons. The summed E-state index contributed by atoms with van der Waals surface area (Å²) in [7, 11) is 0. The number of hydrogen-bond donors (Lipinski definition) is 1. The van der Waals surface area contributed by atoms with Gasteiger partial charge in [-0.05, 0) is 37.9 Å². The number of aromatic nitrogens is 1. The maximum absolute atomic E-state index is 5.42. The fourth-order valence-corrected chi connectivity index (χ4v) is 1.80. The zero-order valence-corrected chi connectivity index (χ0v) is 7.68. The third kappa shape index (κ3) is 1.95. The van der Waals surface area contributed by atoms with Crippen LogP contribution in [0.4, 0.5) is 0 Å². The zero-order valence-electron chi connectivity index (χ0n) is 4.51. The van der Waals surface area contributed by atoms with Crippen molar-refractivity contribution in [2.45, 2.75) is 0 Å². The van der Waals surface area contributed by atoms with Gasteiger partial charge in [0.15, 0.2) is 0 Å². The first-order valence-corrected chi connectivity index (χ1v) is 3.89. The van der Waals surface area contributed by atoms with E-state index in [4.69, 9.17) is 5.84 Å². The van der Waals surface area contributed by atoms with Gasteiger partial charge < -0.3 is 0 Å². The Bertz CT molecular complexity index is 174. The molecule has 0 fully saturated rings. The summed E-state index contributed by atoms with van der Waals surface area (Å²) < 4.78 is 3.40. The van der Waals surface area contributed by atoms with E-state index in [0.717, 1.165) is 8.95 Å². The number of hydrogen-bond acceptors (Lipinski definition) is 1.